The number of rotatable bonds is 5. The zero-order valence-corrected chi connectivity index (χ0v) is 11.4. The molecule has 0 fully saturated rings. The lowest BCUT2D eigenvalue weighted by atomic mass is 10.2. The monoisotopic (exact) mass is 289 g/mol. The van der Waals surface area contributed by atoms with Crippen LogP contribution in [0.5, 0.6) is 0 Å². The molecule has 1 unspecified atom stereocenters. The van der Waals surface area contributed by atoms with Crippen molar-refractivity contribution in [3.63, 3.8) is 0 Å². The van der Waals surface area contributed by atoms with Crippen molar-refractivity contribution in [2.45, 2.75) is 18.3 Å². The van der Waals surface area contributed by atoms with E-state index in [2.05, 4.69) is 15.9 Å². The first-order chi connectivity index (χ1) is 7.60. The molecular formula is C12H17BrFNO. The van der Waals surface area contributed by atoms with Crippen molar-refractivity contribution in [3.8, 4) is 0 Å². The summed E-state index contributed by atoms with van der Waals surface area (Å²) in [6, 6.07) is 5.43. The van der Waals surface area contributed by atoms with Gasteiger partial charge < -0.3 is 9.64 Å². The summed E-state index contributed by atoms with van der Waals surface area (Å²) < 4.78 is 18.8. The molecule has 0 spiro atoms. The largest absolute Gasteiger partial charge is 0.383 e. The van der Waals surface area contributed by atoms with Gasteiger partial charge >= 0.3 is 0 Å². The molecule has 0 bridgehead atoms. The predicted octanol–water partition coefficient (Wildman–Crippen LogP) is 3.19. The summed E-state index contributed by atoms with van der Waals surface area (Å²) in [6.07, 6.45) is 0. The van der Waals surface area contributed by atoms with Crippen LogP contribution in [-0.2, 0) is 10.1 Å². The lowest BCUT2D eigenvalue weighted by molar-refractivity contribution is 0.183. The van der Waals surface area contributed by atoms with Crippen molar-refractivity contribution in [1.82, 2.24) is 0 Å². The number of anilines is 1. The van der Waals surface area contributed by atoms with Crippen molar-refractivity contribution < 1.29 is 9.13 Å². The Balaban J connectivity index is 2.87. The Hall–Kier alpha value is -0.610. The molecule has 0 aliphatic carbocycles. The zero-order valence-electron chi connectivity index (χ0n) is 9.84. The Morgan fingerprint density at radius 2 is 2.19 bits per heavy atom. The highest BCUT2D eigenvalue weighted by Crippen LogP contribution is 2.22. The van der Waals surface area contributed by atoms with Crippen LogP contribution in [0.25, 0.3) is 0 Å². The number of alkyl halides is 1. The van der Waals surface area contributed by atoms with Crippen LogP contribution in [0.1, 0.15) is 12.5 Å². The molecule has 0 saturated carbocycles. The summed E-state index contributed by atoms with van der Waals surface area (Å²) in [6.45, 7) is 2.58. The minimum atomic E-state index is -0.192. The van der Waals surface area contributed by atoms with E-state index in [9.17, 15) is 4.39 Å². The summed E-state index contributed by atoms with van der Waals surface area (Å²) >= 11 is 3.31. The van der Waals surface area contributed by atoms with Crippen molar-refractivity contribution in [2.24, 2.45) is 0 Å². The number of ether oxygens (including phenoxy) is 1. The van der Waals surface area contributed by atoms with E-state index in [1.54, 1.807) is 19.2 Å². The van der Waals surface area contributed by atoms with Crippen LogP contribution in [0, 0.1) is 5.82 Å². The molecule has 0 radical (unpaired) electrons. The van der Waals surface area contributed by atoms with E-state index in [0.717, 1.165) is 5.56 Å². The Kier molecular flexibility index (Phi) is 5.22. The highest BCUT2D eigenvalue weighted by Gasteiger charge is 2.13. The van der Waals surface area contributed by atoms with Gasteiger partial charge in [0.2, 0.25) is 0 Å². The lowest BCUT2D eigenvalue weighted by Gasteiger charge is -2.26. The number of halogens is 2. The highest BCUT2D eigenvalue weighted by molar-refractivity contribution is 9.08. The van der Waals surface area contributed by atoms with E-state index in [0.29, 0.717) is 17.6 Å². The normalized spacial score (nSPS) is 12.6. The Labute approximate surface area is 105 Å². The molecular weight excluding hydrogens is 273 g/mol. The van der Waals surface area contributed by atoms with Crippen molar-refractivity contribution in [2.75, 3.05) is 25.7 Å². The van der Waals surface area contributed by atoms with Crippen LogP contribution in [0.2, 0.25) is 0 Å². The Morgan fingerprint density at radius 1 is 1.50 bits per heavy atom. The van der Waals surface area contributed by atoms with E-state index >= 15 is 0 Å². The molecule has 0 saturated heterocycles. The van der Waals surface area contributed by atoms with Gasteiger partial charge in [0.1, 0.15) is 5.82 Å². The quantitative estimate of drug-likeness (QED) is 0.772. The molecule has 16 heavy (non-hydrogen) atoms. The van der Waals surface area contributed by atoms with Gasteiger partial charge in [0, 0.05) is 25.5 Å². The third-order valence-corrected chi connectivity index (χ3v) is 3.26. The number of likely N-dealkylation sites (N-methyl/N-ethyl adjacent to an activating group) is 1. The molecule has 0 heterocycles. The minimum absolute atomic E-state index is 0.148. The Bertz CT molecular complexity index is 346. The number of benzene rings is 1. The molecule has 1 aromatic rings. The van der Waals surface area contributed by atoms with Gasteiger partial charge in [-0.1, -0.05) is 22.0 Å². The second-order valence-corrected chi connectivity index (χ2v) is 4.40. The molecule has 4 heteroatoms. The number of nitrogens with zero attached hydrogens (tertiary/aromatic N) is 1. The third kappa shape index (κ3) is 3.19. The van der Waals surface area contributed by atoms with Crippen molar-refractivity contribution in [3.05, 3.63) is 29.6 Å². The summed E-state index contributed by atoms with van der Waals surface area (Å²) in [4.78, 5) is 1.89. The minimum Gasteiger partial charge on any atom is -0.383 e. The SMILES string of the molecule is COCC(C)N(C)c1ccc(CBr)cc1F. The van der Waals surface area contributed by atoms with Gasteiger partial charge in [-0.15, -0.1) is 0 Å². The third-order valence-electron chi connectivity index (χ3n) is 2.62. The van der Waals surface area contributed by atoms with E-state index < -0.39 is 0 Å². The molecule has 1 aromatic carbocycles. The predicted molar refractivity (Wildman–Crippen MR) is 68.8 cm³/mol. The molecule has 2 nitrogen and oxygen atoms in total. The fourth-order valence-electron chi connectivity index (χ4n) is 1.51. The van der Waals surface area contributed by atoms with Gasteiger partial charge in [0.05, 0.1) is 12.3 Å². The zero-order chi connectivity index (χ0) is 12.1. The summed E-state index contributed by atoms with van der Waals surface area (Å²) in [7, 11) is 3.52. The number of hydrogen-bond acceptors (Lipinski definition) is 2. The first-order valence-electron chi connectivity index (χ1n) is 5.16. The second-order valence-electron chi connectivity index (χ2n) is 3.83. The van der Waals surface area contributed by atoms with Gasteiger partial charge in [0.25, 0.3) is 0 Å². The Morgan fingerprint density at radius 3 is 2.69 bits per heavy atom. The molecule has 1 rings (SSSR count). The van der Waals surface area contributed by atoms with Crippen LogP contribution in [0.3, 0.4) is 0 Å². The van der Waals surface area contributed by atoms with Crippen molar-refractivity contribution >= 4 is 21.6 Å². The average Bonchev–Trinajstić information content (AvgIpc) is 2.28. The van der Waals surface area contributed by atoms with Crippen LogP contribution in [0.15, 0.2) is 18.2 Å². The molecule has 0 aromatic heterocycles. The van der Waals surface area contributed by atoms with E-state index in [1.165, 1.54) is 0 Å². The molecule has 0 aliphatic heterocycles. The summed E-state index contributed by atoms with van der Waals surface area (Å²) in [5.74, 6) is -0.192. The fraction of sp³-hybridized carbons (Fsp3) is 0.500. The van der Waals surface area contributed by atoms with Crippen LogP contribution in [0.4, 0.5) is 10.1 Å². The smallest absolute Gasteiger partial charge is 0.146 e. The highest BCUT2D eigenvalue weighted by atomic mass is 79.9. The maximum atomic E-state index is 13.8. The first kappa shape index (κ1) is 13.5. The van der Waals surface area contributed by atoms with Crippen LogP contribution >= 0.6 is 15.9 Å². The maximum Gasteiger partial charge on any atom is 0.146 e. The van der Waals surface area contributed by atoms with Crippen LogP contribution < -0.4 is 4.90 Å². The van der Waals surface area contributed by atoms with E-state index in [4.69, 9.17) is 4.74 Å². The molecule has 1 atom stereocenters. The lowest BCUT2D eigenvalue weighted by Crippen LogP contribution is -2.33. The van der Waals surface area contributed by atoms with Gasteiger partial charge in [-0.2, -0.15) is 0 Å². The van der Waals surface area contributed by atoms with Crippen molar-refractivity contribution in [1.29, 1.82) is 0 Å². The second kappa shape index (κ2) is 6.21. The van der Waals surface area contributed by atoms with Gasteiger partial charge in [-0.25, -0.2) is 4.39 Å². The average molecular weight is 290 g/mol. The molecule has 0 amide bonds. The van der Waals surface area contributed by atoms with Gasteiger partial charge in [-0.3, -0.25) is 0 Å². The fourth-order valence-corrected chi connectivity index (χ4v) is 1.86. The topological polar surface area (TPSA) is 12.5 Å². The molecule has 90 valence electrons. The maximum absolute atomic E-state index is 13.8. The number of methoxy groups -OCH3 is 1. The summed E-state index contributed by atoms with van der Waals surface area (Å²) in [5, 5.41) is 0.668. The van der Waals surface area contributed by atoms with E-state index in [-0.39, 0.29) is 11.9 Å². The van der Waals surface area contributed by atoms with Gasteiger partial charge in [0.15, 0.2) is 0 Å². The first-order valence-corrected chi connectivity index (χ1v) is 6.28. The van der Waals surface area contributed by atoms with Gasteiger partial charge in [-0.05, 0) is 24.6 Å². The number of hydrogen-bond donors (Lipinski definition) is 0. The molecule has 0 N–H and O–H groups in total. The standard InChI is InChI=1S/C12H17BrFNO/c1-9(8-16-3)15(2)12-5-4-10(7-13)6-11(12)14/h4-6,9H,7-8H2,1-3H3. The van der Waals surface area contributed by atoms with E-state index in [1.807, 2.05) is 24.9 Å². The molecule has 0 aliphatic rings. The van der Waals surface area contributed by atoms with Crippen LogP contribution in [-0.4, -0.2) is 26.8 Å². The summed E-state index contributed by atoms with van der Waals surface area (Å²) in [5.41, 5.74) is 1.54.